The highest BCUT2D eigenvalue weighted by molar-refractivity contribution is 5.58. The van der Waals surface area contributed by atoms with Crippen molar-refractivity contribution >= 4 is 23.2 Å². The SMILES string of the molecule is CN(CCN1CCN(c2ncc(OC(O)(O)C(O)(O)OC(O)(O)O)cc2F)CC1)c1cc2nc(-c3ncco3)nn2c(N)n1. The van der Waals surface area contributed by atoms with Gasteiger partial charge in [-0.25, -0.2) is 24.1 Å². The van der Waals surface area contributed by atoms with Gasteiger partial charge in [0.25, 0.3) is 5.89 Å². The lowest BCUT2D eigenvalue weighted by molar-refractivity contribution is -0.600. The number of nitrogens with zero attached hydrogens (tertiary/aromatic N) is 9. The predicted molar refractivity (Wildman–Crippen MR) is 142 cm³/mol. The van der Waals surface area contributed by atoms with Crippen LogP contribution in [-0.2, 0) is 4.74 Å². The molecule has 1 aliphatic rings. The lowest BCUT2D eigenvalue weighted by Gasteiger charge is -2.36. The first-order valence-corrected chi connectivity index (χ1v) is 12.8. The van der Waals surface area contributed by atoms with Gasteiger partial charge in [0.2, 0.25) is 11.8 Å². The first kappa shape index (κ1) is 31.1. The third-order valence-corrected chi connectivity index (χ3v) is 6.53. The molecule has 0 atom stereocenters. The number of hydrogen-bond acceptors (Lipinski definition) is 19. The second-order valence-corrected chi connectivity index (χ2v) is 9.74. The van der Waals surface area contributed by atoms with E-state index in [0.717, 1.165) is 6.20 Å². The van der Waals surface area contributed by atoms with Crippen LogP contribution in [0.25, 0.3) is 17.4 Å². The van der Waals surface area contributed by atoms with Crippen LogP contribution in [0.3, 0.4) is 0 Å². The number of halogens is 1. The minimum absolute atomic E-state index is 0.0726. The molecule has 4 aromatic rings. The summed E-state index contributed by atoms with van der Waals surface area (Å²) in [5.41, 5.74) is 6.57. The summed E-state index contributed by atoms with van der Waals surface area (Å²) in [6.07, 6.45) is -0.411. The molecule has 1 aliphatic heterocycles. The van der Waals surface area contributed by atoms with Crippen LogP contribution in [0.4, 0.5) is 22.0 Å². The lowest BCUT2D eigenvalue weighted by atomic mass is 10.3. The molecule has 0 spiro atoms. The molecule has 44 heavy (non-hydrogen) atoms. The predicted octanol–water partition coefficient (Wildman–Crippen LogP) is -3.59. The van der Waals surface area contributed by atoms with Crippen molar-refractivity contribution in [1.29, 1.82) is 0 Å². The van der Waals surface area contributed by atoms with Crippen LogP contribution in [0.15, 0.2) is 35.2 Å². The summed E-state index contributed by atoms with van der Waals surface area (Å²) >= 11 is 0. The summed E-state index contributed by atoms with van der Waals surface area (Å²) in [5.74, 6) is -8.81. The minimum Gasteiger partial charge on any atom is -0.442 e. The summed E-state index contributed by atoms with van der Waals surface area (Å²) in [5, 5.41) is 68.9. The van der Waals surface area contributed by atoms with E-state index in [2.05, 4.69) is 39.4 Å². The normalized spacial score (nSPS) is 15.2. The van der Waals surface area contributed by atoms with Crippen LogP contribution in [-0.4, -0.2) is 135 Å². The maximum atomic E-state index is 14.9. The van der Waals surface area contributed by atoms with Crippen molar-refractivity contribution in [3.05, 3.63) is 36.6 Å². The zero-order chi connectivity index (χ0) is 31.9. The van der Waals surface area contributed by atoms with Gasteiger partial charge < -0.3 is 60.4 Å². The van der Waals surface area contributed by atoms with E-state index < -0.39 is 29.7 Å². The van der Waals surface area contributed by atoms with E-state index in [9.17, 15) is 24.8 Å². The molecule has 0 aliphatic carbocycles. The van der Waals surface area contributed by atoms with Crippen LogP contribution in [0.2, 0.25) is 0 Å². The van der Waals surface area contributed by atoms with Crippen LogP contribution in [0.1, 0.15) is 0 Å². The van der Waals surface area contributed by atoms with Crippen LogP contribution in [0, 0.1) is 5.82 Å². The molecule has 5 rings (SSSR count). The number of rotatable bonds is 11. The Hall–Kier alpha value is -4.32. The molecule has 21 heteroatoms. The summed E-state index contributed by atoms with van der Waals surface area (Å²) in [6, 6.07) is 2.42. The van der Waals surface area contributed by atoms with Gasteiger partial charge >= 0.3 is 18.1 Å². The van der Waals surface area contributed by atoms with Crippen molar-refractivity contribution in [2.75, 3.05) is 61.8 Å². The fourth-order valence-electron chi connectivity index (χ4n) is 4.30. The van der Waals surface area contributed by atoms with Gasteiger partial charge in [0.05, 0.1) is 12.4 Å². The summed E-state index contributed by atoms with van der Waals surface area (Å²) < 4.78 is 29.5. The molecule has 1 fully saturated rings. The van der Waals surface area contributed by atoms with E-state index in [4.69, 9.17) is 25.5 Å². The highest BCUT2D eigenvalue weighted by atomic mass is 19.1. The monoisotopic (exact) mass is 624 g/mol. The standard InChI is InChI=1S/C23H29FN10O10/c1-31(15-11-16-28-17(19-26-2-9-42-19)30-34(16)20(25)29-15)3-4-32-5-7-33(8-6-32)18-14(24)10-13(12-27-18)43-21(35,36)22(37,38)44-23(39,40)41/h2,9-12,35-41H,3-8H2,1H3,(H2,25,29). The number of likely N-dealkylation sites (N-methyl/N-ethyl adjacent to an activating group) is 1. The number of nitrogens with two attached hydrogens (primary N) is 1. The Bertz CT molecular complexity index is 1590. The maximum Gasteiger partial charge on any atom is 0.409 e. The number of aromatic nitrogens is 6. The number of fused-ring (bicyclic) bond motifs is 1. The fraction of sp³-hybridized carbons (Fsp3) is 0.435. The average molecular weight is 625 g/mol. The Morgan fingerprint density at radius 1 is 1.02 bits per heavy atom. The van der Waals surface area contributed by atoms with E-state index in [-0.39, 0.29) is 23.5 Å². The zero-order valence-electron chi connectivity index (χ0n) is 23.0. The smallest absolute Gasteiger partial charge is 0.409 e. The molecule has 0 saturated carbocycles. The van der Waals surface area contributed by atoms with Crippen molar-refractivity contribution in [2.45, 2.75) is 18.1 Å². The molecule has 4 aromatic heterocycles. The Morgan fingerprint density at radius 3 is 2.39 bits per heavy atom. The topological polar surface area (TPSA) is 278 Å². The number of nitrogen functional groups attached to an aromatic ring is 1. The van der Waals surface area contributed by atoms with E-state index in [1.54, 1.807) is 11.0 Å². The second kappa shape index (κ2) is 11.6. The van der Waals surface area contributed by atoms with E-state index in [1.165, 1.54) is 17.0 Å². The molecule has 0 amide bonds. The molecule has 20 nitrogen and oxygen atoms in total. The summed E-state index contributed by atoms with van der Waals surface area (Å²) in [6.45, 7) is 3.13. The summed E-state index contributed by atoms with van der Waals surface area (Å²) in [7, 11) is 1.85. The first-order chi connectivity index (χ1) is 20.6. The van der Waals surface area contributed by atoms with E-state index >= 15 is 0 Å². The van der Waals surface area contributed by atoms with E-state index in [1.807, 2.05) is 11.9 Å². The minimum atomic E-state index is -4.27. The zero-order valence-corrected chi connectivity index (χ0v) is 23.0. The maximum absolute atomic E-state index is 14.9. The lowest BCUT2D eigenvalue weighted by Crippen LogP contribution is -2.63. The molecule has 1 saturated heterocycles. The number of oxazole rings is 1. The van der Waals surface area contributed by atoms with Gasteiger partial charge in [-0.2, -0.15) is 9.50 Å². The highest BCUT2D eigenvalue weighted by Crippen LogP contribution is 2.29. The van der Waals surface area contributed by atoms with Gasteiger partial charge in [-0.05, 0) is 0 Å². The Labute approximate surface area is 246 Å². The molecule has 0 bridgehead atoms. The van der Waals surface area contributed by atoms with Gasteiger partial charge in [0.15, 0.2) is 17.3 Å². The molecule has 9 N–H and O–H groups in total. The third-order valence-electron chi connectivity index (χ3n) is 6.53. The highest BCUT2D eigenvalue weighted by Gasteiger charge is 2.57. The van der Waals surface area contributed by atoms with Gasteiger partial charge in [-0.3, -0.25) is 4.90 Å². The average Bonchev–Trinajstić information content (AvgIpc) is 3.61. The second-order valence-electron chi connectivity index (χ2n) is 9.74. The number of hydrogen-bond donors (Lipinski definition) is 8. The van der Waals surface area contributed by atoms with Crippen molar-refractivity contribution in [1.82, 2.24) is 34.4 Å². The number of pyridine rings is 1. The molecular weight excluding hydrogens is 595 g/mol. The Kier molecular flexibility index (Phi) is 8.23. The van der Waals surface area contributed by atoms with Gasteiger partial charge in [0, 0.05) is 58.4 Å². The van der Waals surface area contributed by atoms with Crippen LogP contribution < -0.4 is 20.3 Å². The van der Waals surface area contributed by atoms with Gasteiger partial charge in [-0.1, -0.05) is 0 Å². The van der Waals surface area contributed by atoms with Crippen LogP contribution >= 0.6 is 0 Å². The molecule has 5 heterocycles. The Balaban J connectivity index is 1.15. The van der Waals surface area contributed by atoms with Crippen LogP contribution in [0.5, 0.6) is 5.75 Å². The van der Waals surface area contributed by atoms with Crippen molar-refractivity contribution in [2.24, 2.45) is 0 Å². The summed E-state index contributed by atoms with van der Waals surface area (Å²) in [4.78, 5) is 22.5. The van der Waals surface area contributed by atoms with Gasteiger partial charge in [-0.15, -0.1) is 5.10 Å². The van der Waals surface area contributed by atoms with E-state index in [0.29, 0.717) is 56.8 Å². The fourth-order valence-corrected chi connectivity index (χ4v) is 4.30. The Morgan fingerprint density at radius 2 is 1.75 bits per heavy atom. The number of piperazine rings is 1. The van der Waals surface area contributed by atoms with Crippen molar-refractivity contribution in [3.8, 4) is 17.5 Å². The molecule has 0 unspecified atom stereocenters. The molecule has 0 aromatic carbocycles. The molecular formula is C23H29FN10O10. The van der Waals surface area contributed by atoms with Crippen molar-refractivity contribution < 1.29 is 54.0 Å². The molecule has 0 radical (unpaired) electrons. The van der Waals surface area contributed by atoms with Crippen molar-refractivity contribution in [3.63, 3.8) is 0 Å². The third kappa shape index (κ3) is 6.75. The first-order valence-electron chi connectivity index (χ1n) is 12.8. The number of anilines is 3. The largest absolute Gasteiger partial charge is 0.442 e. The van der Waals surface area contributed by atoms with Gasteiger partial charge in [0.1, 0.15) is 17.8 Å². The molecule has 238 valence electrons. The quantitative estimate of drug-likeness (QED) is 0.0749. The number of ether oxygens (including phenoxy) is 2. The number of aliphatic hydroxyl groups is 7.